The highest BCUT2D eigenvalue weighted by atomic mass is 32.2. The number of nitrogens with zero attached hydrogens (tertiary/aromatic N) is 2. The summed E-state index contributed by atoms with van der Waals surface area (Å²) in [5, 5.41) is 3.05. The summed E-state index contributed by atoms with van der Waals surface area (Å²) < 4.78 is 29.8. The van der Waals surface area contributed by atoms with Crippen molar-refractivity contribution in [2.75, 3.05) is 23.4 Å². The van der Waals surface area contributed by atoms with Crippen molar-refractivity contribution in [3.8, 4) is 5.88 Å². The van der Waals surface area contributed by atoms with Crippen LogP contribution in [0.15, 0.2) is 36.5 Å². The smallest absolute Gasteiger partial charge is 0.229 e. The molecular weight excluding hydrogens is 292 g/mol. The van der Waals surface area contributed by atoms with Gasteiger partial charge in [-0.3, -0.25) is 4.72 Å². The van der Waals surface area contributed by atoms with Gasteiger partial charge in [0.15, 0.2) is 0 Å². The van der Waals surface area contributed by atoms with Crippen LogP contribution in [0.25, 0.3) is 0 Å². The fraction of sp³-hybridized carbons (Fsp3) is 0.231. The van der Waals surface area contributed by atoms with E-state index in [1.165, 1.54) is 7.11 Å². The standard InChI is InChI=1S/C13H16N4O3S/c1-20-12-6-7-14-13(16-12)15-9-10-4-3-5-11(8-10)17-21(2,18)19/h3-8,17H,9H2,1-2H3,(H,14,15,16). The van der Waals surface area contributed by atoms with Gasteiger partial charge in [-0.25, -0.2) is 13.4 Å². The molecule has 0 aliphatic rings. The van der Waals surface area contributed by atoms with Crippen molar-refractivity contribution >= 4 is 21.7 Å². The Morgan fingerprint density at radius 2 is 2.10 bits per heavy atom. The molecule has 0 spiro atoms. The van der Waals surface area contributed by atoms with Crippen LogP contribution in [0.2, 0.25) is 0 Å². The zero-order valence-electron chi connectivity index (χ0n) is 11.7. The van der Waals surface area contributed by atoms with Crippen molar-refractivity contribution in [3.05, 3.63) is 42.1 Å². The molecule has 0 fully saturated rings. The molecule has 0 saturated carbocycles. The van der Waals surface area contributed by atoms with Crippen molar-refractivity contribution in [3.63, 3.8) is 0 Å². The van der Waals surface area contributed by atoms with E-state index in [0.29, 0.717) is 24.1 Å². The second-order valence-electron chi connectivity index (χ2n) is 4.35. The number of anilines is 2. The zero-order chi connectivity index (χ0) is 15.3. The summed E-state index contributed by atoms with van der Waals surface area (Å²) in [6, 6.07) is 8.74. The van der Waals surface area contributed by atoms with Crippen molar-refractivity contribution in [1.82, 2.24) is 9.97 Å². The third-order valence-corrected chi connectivity index (χ3v) is 3.13. The van der Waals surface area contributed by atoms with Gasteiger partial charge in [0.1, 0.15) is 0 Å². The van der Waals surface area contributed by atoms with Crippen LogP contribution in [0.3, 0.4) is 0 Å². The average Bonchev–Trinajstić information content (AvgIpc) is 2.44. The Kier molecular flexibility index (Phi) is 4.59. The van der Waals surface area contributed by atoms with Crippen LogP contribution >= 0.6 is 0 Å². The number of rotatable bonds is 6. The first-order valence-electron chi connectivity index (χ1n) is 6.14. The van der Waals surface area contributed by atoms with Gasteiger partial charge in [-0.15, -0.1) is 0 Å². The lowest BCUT2D eigenvalue weighted by molar-refractivity contribution is 0.397. The summed E-state index contributed by atoms with van der Waals surface area (Å²) in [7, 11) is -1.75. The maximum Gasteiger partial charge on any atom is 0.229 e. The molecule has 2 rings (SSSR count). The first-order chi connectivity index (χ1) is 9.96. The molecule has 2 N–H and O–H groups in total. The van der Waals surface area contributed by atoms with Crippen molar-refractivity contribution in [2.45, 2.75) is 6.54 Å². The molecule has 8 heteroatoms. The van der Waals surface area contributed by atoms with Crippen LogP contribution in [-0.4, -0.2) is 31.8 Å². The number of aromatic nitrogens is 2. The maximum absolute atomic E-state index is 11.2. The van der Waals surface area contributed by atoms with E-state index in [2.05, 4.69) is 20.0 Å². The van der Waals surface area contributed by atoms with Crippen molar-refractivity contribution in [1.29, 1.82) is 0 Å². The van der Waals surface area contributed by atoms with Crippen molar-refractivity contribution < 1.29 is 13.2 Å². The lowest BCUT2D eigenvalue weighted by Gasteiger charge is -2.08. The molecule has 0 aliphatic heterocycles. The Balaban J connectivity index is 2.04. The van der Waals surface area contributed by atoms with E-state index >= 15 is 0 Å². The maximum atomic E-state index is 11.2. The lowest BCUT2D eigenvalue weighted by Crippen LogP contribution is -2.10. The molecule has 7 nitrogen and oxygen atoms in total. The fourth-order valence-corrected chi connectivity index (χ4v) is 2.24. The summed E-state index contributed by atoms with van der Waals surface area (Å²) in [5.41, 5.74) is 1.42. The Hall–Kier alpha value is -2.35. The molecule has 21 heavy (non-hydrogen) atoms. The SMILES string of the molecule is COc1ccnc(NCc2cccc(NS(C)(=O)=O)c2)n1. The minimum absolute atomic E-state index is 0.441. The normalized spacial score (nSPS) is 11.0. The van der Waals surface area contributed by atoms with E-state index in [-0.39, 0.29) is 0 Å². The van der Waals surface area contributed by atoms with Gasteiger partial charge in [-0.1, -0.05) is 12.1 Å². The third kappa shape index (κ3) is 4.92. The highest BCUT2D eigenvalue weighted by Gasteiger charge is 2.03. The van der Waals surface area contributed by atoms with Gasteiger partial charge >= 0.3 is 0 Å². The molecule has 1 aromatic heterocycles. The summed E-state index contributed by atoms with van der Waals surface area (Å²) in [5.74, 6) is 0.913. The quantitative estimate of drug-likeness (QED) is 0.839. The average molecular weight is 308 g/mol. The van der Waals surface area contributed by atoms with E-state index in [9.17, 15) is 8.42 Å². The van der Waals surface area contributed by atoms with Crippen LogP contribution in [0, 0.1) is 0 Å². The number of sulfonamides is 1. The van der Waals surface area contributed by atoms with Gasteiger partial charge in [0.25, 0.3) is 0 Å². The van der Waals surface area contributed by atoms with Gasteiger partial charge in [0.2, 0.25) is 21.9 Å². The third-order valence-electron chi connectivity index (χ3n) is 2.52. The van der Waals surface area contributed by atoms with Gasteiger partial charge in [0, 0.05) is 24.5 Å². The largest absolute Gasteiger partial charge is 0.481 e. The molecule has 0 bridgehead atoms. The highest BCUT2D eigenvalue weighted by molar-refractivity contribution is 7.92. The summed E-state index contributed by atoms with van der Waals surface area (Å²) in [6.07, 6.45) is 2.71. The first-order valence-corrected chi connectivity index (χ1v) is 8.03. The summed E-state index contributed by atoms with van der Waals surface area (Å²) in [6.45, 7) is 0.465. The zero-order valence-corrected chi connectivity index (χ0v) is 12.5. The first kappa shape index (κ1) is 15.0. The molecule has 0 atom stereocenters. The van der Waals surface area contributed by atoms with Crippen molar-refractivity contribution in [2.24, 2.45) is 0 Å². The van der Waals surface area contributed by atoms with Gasteiger partial charge in [-0.2, -0.15) is 4.98 Å². The van der Waals surface area contributed by atoms with E-state index in [1.54, 1.807) is 30.5 Å². The number of hydrogen-bond acceptors (Lipinski definition) is 6. The topological polar surface area (TPSA) is 93.2 Å². The van der Waals surface area contributed by atoms with Crippen LogP contribution in [-0.2, 0) is 16.6 Å². The Labute approximate surface area is 123 Å². The van der Waals surface area contributed by atoms with E-state index < -0.39 is 10.0 Å². The van der Waals surface area contributed by atoms with Gasteiger partial charge in [0.05, 0.1) is 13.4 Å². The number of hydrogen-bond donors (Lipinski definition) is 2. The van der Waals surface area contributed by atoms with E-state index in [4.69, 9.17) is 4.74 Å². The van der Waals surface area contributed by atoms with Crippen LogP contribution in [0.5, 0.6) is 5.88 Å². The van der Waals surface area contributed by atoms with Crippen LogP contribution in [0.1, 0.15) is 5.56 Å². The molecule has 0 radical (unpaired) electrons. The van der Waals surface area contributed by atoms with E-state index in [0.717, 1.165) is 11.8 Å². The second kappa shape index (κ2) is 6.40. The van der Waals surface area contributed by atoms with Crippen LogP contribution < -0.4 is 14.8 Å². The highest BCUT2D eigenvalue weighted by Crippen LogP contribution is 2.13. The Morgan fingerprint density at radius 3 is 2.81 bits per heavy atom. The predicted molar refractivity (Wildman–Crippen MR) is 80.8 cm³/mol. The minimum Gasteiger partial charge on any atom is -0.481 e. The second-order valence-corrected chi connectivity index (χ2v) is 6.10. The molecule has 1 aromatic carbocycles. The minimum atomic E-state index is -3.28. The van der Waals surface area contributed by atoms with Gasteiger partial charge < -0.3 is 10.1 Å². The molecule has 0 aliphatic carbocycles. The molecule has 0 amide bonds. The molecule has 2 aromatic rings. The molecule has 112 valence electrons. The fourth-order valence-electron chi connectivity index (χ4n) is 1.68. The number of benzene rings is 1. The van der Waals surface area contributed by atoms with Gasteiger partial charge in [-0.05, 0) is 17.7 Å². The lowest BCUT2D eigenvalue weighted by atomic mass is 10.2. The van der Waals surface area contributed by atoms with E-state index in [1.807, 2.05) is 6.07 Å². The number of ether oxygens (including phenoxy) is 1. The Morgan fingerprint density at radius 1 is 1.29 bits per heavy atom. The number of nitrogens with one attached hydrogen (secondary N) is 2. The molecule has 1 heterocycles. The molecular formula is C13H16N4O3S. The number of methoxy groups -OCH3 is 1. The predicted octanol–water partition coefficient (Wildman–Crippen LogP) is 1.47. The monoisotopic (exact) mass is 308 g/mol. The molecule has 0 unspecified atom stereocenters. The summed E-state index contributed by atoms with van der Waals surface area (Å²) in [4.78, 5) is 8.20. The Bertz CT molecular complexity index is 719. The summed E-state index contributed by atoms with van der Waals surface area (Å²) >= 11 is 0. The van der Waals surface area contributed by atoms with Crippen LogP contribution in [0.4, 0.5) is 11.6 Å². The molecule has 0 saturated heterocycles.